The molecule has 0 spiro atoms. The molecule has 6 heteroatoms. The van der Waals surface area contributed by atoms with E-state index in [1.54, 1.807) is 0 Å². The summed E-state index contributed by atoms with van der Waals surface area (Å²) in [4.78, 5) is 14.3. The van der Waals surface area contributed by atoms with E-state index >= 15 is 0 Å². The van der Waals surface area contributed by atoms with E-state index in [0.717, 1.165) is 37.3 Å². The number of halogens is 1. The van der Waals surface area contributed by atoms with Gasteiger partial charge in [-0.25, -0.2) is 4.68 Å². The summed E-state index contributed by atoms with van der Waals surface area (Å²) in [7, 11) is 0. The molecule has 26 heavy (non-hydrogen) atoms. The fraction of sp³-hybridized carbons (Fsp3) is 0.100. The normalized spacial score (nSPS) is 11.0. The van der Waals surface area contributed by atoms with E-state index < -0.39 is 0 Å². The van der Waals surface area contributed by atoms with Crippen LogP contribution in [0.25, 0.3) is 15.9 Å². The summed E-state index contributed by atoms with van der Waals surface area (Å²) in [6.45, 7) is 3.97. The molecular weight excluding hydrogens is 410 g/mol. The number of amides is 1. The van der Waals surface area contributed by atoms with E-state index in [-0.39, 0.29) is 5.91 Å². The van der Waals surface area contributed by atoms with Gasteiger partial charge in [0.2, 0.25) is 0 Å². The molecule has 0 fully saturated rings. The number of anilines is 1. The van der Waals surface area contributed by atoms with E-state index in [0.29, 0.717) is 4.88 Å². The number of aromatic nitrogens is 2. The topological polar surface area (TPSA) is 46.9 Å². The van der Waals surface area contributed by atoms with Crippen LogP contribution in [0.15, 0.2) is 59.1 Å². The Bertz CT molecular complexity index is 1110. The van der Waals surface area contributed by atoms with Gasteiger partial charge in [-0.3, -0.25) is 4.79 Å². The van der Waals surface area contributed by atoms with E-state index in [9.17, 15) is 4.79 Å². The highest BCUT2D eigenvalue weighted by Gasteiger charge is 2.17. The monoisotopic (exact) mass is 425 g/mol. The zero-order valence-electron chi connectivity index (χ0n) is 14.3. The van der Waals surface area contributed by atoms with Gasteiger partial charge in [0.25, 0.3) is 5.91 Å². The minimum absolute atomic E-state index is 0.0986. The van der Waals surface area contributed by atoms with Gasteiger partial charge in [0.15, 0.2) is 0 Å². The Morgan fingerprint density at radius 1 is 1.12 bits per heavy atom. The first kappa shape index (κ1) is 17.0. The van der Waals surface area contributed by atoms with Crippen molar-refractivity contribution < 1.29 is 4.79 Å². The summed E-state index contributed by atoms with van der Waals surface area (Å²) in [6.07, 6.45) is 0. The van der Waals surface area contributed by atoms with Crippen molar-refractivity contribution in [2.45, 2.75) is 13.8 Å². The first-order chi connectivity index (χ1) is 12.5. The molecule has 0 unspecified atom stereocenters. The van der Waals surface area contributed by atoms with Crippen molar-refractivity contribution in [3.8, 4) is 5.69 Å². The van der Waals surface area contributed by atoms with Crippen LogP contribution < -0.4 is 5.32 Å². The fourth-order valence-corrected chi connectivity index (χ4v) is 4.17. The quantitative estimate of drug-likeness (QED) is 0.456. The first-order valence-corrected chi connectivity index (χ1v) is 9.75. The number of aryl methyl sites for hydroxylation is 2. The lowest BCUT2D eigenvalue weighted by Gasteiger charge is -2.04. The van der Waals surface area contributed by atoms with E-state index in [2.05, 4.69) is 26.3 Å². The number of hydrogen-bond donors (Lipinski definition) is 1. The Morgan fingerprint density at radius 3 is 2.62 bits per heavy atom. The van der Waals surface area contributed by atoms with Crippen LogP contribution in [0.1, 0.15) is 20.9 Å². The molecule has 0 aliphatic heterocycles. The summed E-state index contributed by atoms with van der Waals surface area (Å²) in [5, 5.41) is 8.60. The molecule has 0 saturated carbocycles. The van der Waals surface area contributed by atoms with Crippen LogP contribution >= 0.6 is 27.3 Å². The molecule has 2 aromatic heterocycles. The Balaban J connectivity index is 1.70. The molecule has 0 bridgehead atoms. The highest BCUT2D eigenvalue weighted by Crippen LogP contribution is 2.31. The third-order valence-electron chi connectivity index (χ3n) is 4.12. The molecule has 2 aromatic carbocycles. The number of hydrogen-bond acceptors (Lipinski definition) is 3. The second-order valence-electron chi connectivity index (χ2n) is 6.13. The molecule has 1 amide bonds. The maximum atomic E-state index is 12.7. The second-order valence-corrected chi connectivity index (χ2v) is 8.07. The SMILES string of the molecule is Cc1cccc(NC(=O)c2cc3c(C)nn(-c4ccc(Br)cc4)c3s2)c1. The molecule has 4 nitrogen and oxygen atoms in total. The maximum Gasteiger partial charge on any atom is 0.265 e. The van der Waals surface area contributed by atoms with Crippen LogP contribution in [0.2, 0.25) is 0 Å². The van der Waals surface area contributed by atoms with Gasteiger partial charge in [-0.2, -0.15) is 5.10 Å². The molecule has 0 radical (unpaired) electrons. The van der Waals surface area contributed by atoms with Crippen molar-refractivity contribution in [2.75, 3.05) is 5.32 Å². The Morgan fingerprint density at radius 2 is 1.88 bits per heavy atom. The van der Waals surface area contributed by atoms with Gasteiger partial charge in [0.1, 0.15) is 4.83 Å². The zero-order valence-corrected chi connectivity index (χ0v) is 16.7. The molecule has 130 valence electrons. The predicted octanol–water partition coefficient (Wildman–Crippen LogP) is 5.72. The fourth-order valence-electron chi connectivity index (χ4n) is 2.83. The van der Waals surface area contributed by atoms with Gasteiger partial charge >= 0.3 is 0 Å². The smallest absolute Gasteiger partial charge is 0.265 e. The van der Waals surface area contributed by atoms with Gasteiger partial charge in [0.05, 0.1) is 16.3 Å². The van der Waals surface area contributed by atoms with Gasteiger partial charge in [-0.15, -0.1) is 11.3 Å². The van der Waals surface area contributed by atoms with Crippen LogP contribution in [0, 0.1) is 13.8 Å². The highest BCUT2D eigenvalue weighted by molar-refractivity contribution is 9.10. The minimum atomic E-state index is -0.0986. The zero-order chi connectivity index (χ0) is 18.3. The van der Waals surface area contributed by atoms with Gasteiger partial charge in [0, 0.05) is 15.5 Å². The molecule has 0 aliphatic rings. The molecule has 0 aliphatic carbocycles. The molecule has 0 saturated heterocycles. The number of fused-ring (bicyclic) bond motifs is 1. The third-order valence-corrected chi connectivity index (χ3v) is 5.75. The maximum absolute atomic E-state index is 12.7. The van der Waals surface area contributed by atoms with Gasteiger partial charge < -0.3 is 5.32 Å². The summed E-state index contributed by atoms with van der Waals surface area (Å²) in [6, 6.07) is 17.7. The number of thiophene rings is 1. The average Bonchev–Trinajstić information content (AvgIpc) is 3.17. The lowest BCUT2D eigenvalue weighted by molar-refractivity contribution is 0.103. The van der Waals surface area contributed by atoms with Crippen LogP contribution in [-0.2, 0) is 0 Å². The number of nitrogens with one attached hydrogen (secondary N) is 1. The van der Waals surface area contributed by atoms with Gasteiger partial charge in [-0.05, 0) is 61.9 Å². The van der Waals surface area contributed by atoms with Crippen molar-refractivity contribution in [3.05, 3.63) is 75.2 Å². The number of rotatable bonds is 3. The Labute approximate surface area is 163 Å². The van der Waals surface area contributed by atoms with Gasteiger partial charge in [-0.1, -0.05) is 28.1 Å². The highest BCUT2D eigenvalue weighted by atomic mass is 79.9. The van der Waals surface area contributed by atoms with E-state index in [1.807, 2.05) is 73.1 Å². The van der Waals surface area contributed by atoms with E-state index in [1.165, 1.54) is 11.3 Å². The van der Waals surface area contributed by atoms with Crippen LogP contribution in [-0.4, -0.2) is 15.7 Å². The summed E-state index contributed by atoms with van der Waals surface area (Å²) >= 11 is 4.90. The second kappa shape index (κ2) is 6.70. The van der Waals surface area contributed by atoms with Crippen molar-refractivity contribution in [2.24, 2.45) is 0 Å². The standard InChI is InChI=1S/C20H16BrN3OS/c1-12-4-3-5-15(10-12)22-19(25)18-11-17-13(2)23-24(20(17)26-18)16-8-6-14(21)7-9-16/h3-11H,1-2H3,(H,22,25). The van der Waals surface area contributed by atoms with Crippen LogP contribution in [0.3, 0.4) is 0 Å². The summed E-state index contributed by atoms with van der Waals surface area (Å²) in [5.41, 5.74) is 3.80. The van der Waals surface area contributed by atoms with Crippen LogP contribution in [0.5, 0.6) is 0 Å². The number of carbonyl (C=O) groups is 1. The van der Waals surface area contributed by atoms with Crippen LogP contribution in [0.4, 0.5) is 5.69 Å². The molecule has 4 rings (SSSR count). The Kier molecular flexibility index (Phi) is 4.38. The molecule has 4 aromatic rings. The first-order valence-electron chi connectivity index (χ1n) is 8.14. The predicted molar refractivity (Wildman–Crippen MR) is 111 cm³/mol. The number of benzene rings is 2. The molecular formula is C20H16BrN3OS. The largest absolute Gasteiger partial charge is 0.321 e. The Hall–Kier alpha value is -2.44. The molecule has 0 atom stereocenters. The number of carbonyl (C=O) groups excluding carboxylic acids is 1. The third kappa shape index (κ3) is 3.18. The number of nitrogens with zero attached hydrogens (tertiary/aromatic N) is 2. The summed E-state index contributed by atoms with van der Waals surface area (Å²) in [5.74, 6) is -0.0986. The van der Waals surface area contributed by atoms with E-state index in [4.69, 9.17) is 0 Å². The van der Waals surface area contributed by atoms with Crippen molar-refractivity contribution in [1.82, 2.24) is 9.78 Å². The molecule has 2 heterocycles. The van der Waals surface area contributed by atoms with Crippen molar-refractivity contribution >= 4 is 49.1 Å². The minimum Gasteiger partial charge on any atom is -0.321 e. The lowest BCUT2D eigenvalue weighted by Crippen LogP contribution is -2.10. The molecule has 1 N–H and O–H groups in total. The lowest BCUT2D eigenvalue weighted by atomic mass is 10.2. The average molecular weight is 426 g/mol. The van der Waals surface area contributed by atoms with Crippen molar-refractivity contribution in [1.29, 1.82) is 0 Å². The summed E-state index contributed by atoms with van der Waals surface area (Å²) < 4.78 is 2.91. The van der Waals surface area contributed by atoms with Crippen molar-refractivity contribution in [3.63, 3.8) is 0 Å².